The molecule has 1 rings (SSSR count). The molecule has 0 aromatic rings. The van der Waals surface area contributed by atoms with Crippen LogP contribution < -0.4 is 0 Å². The second kappa shape index (κ2) is 4.58. The summed E-state index contributed by atoms with van der Waals surface area (Å²) in [5.41, 5.74) is -0.257. The number of Topliss-reactive ketones (excluding diaryl/α,β-unsaturated/α-hetero) is 1. The summed E-state index contributed by atoms with van der Waals surface area (Å²) in [5, 5.41) is 0. The fraction of sp³-hybridized carbons (Fsp3) is 0.818. The monoisotopic (exact) mass is 198 g/mol. The average Bonchev–Trinajstić information content (AvgIpc) is 2.54. The van der Waals surface area contributed by atoms with Crippen LogP contribution in [0.2, 0.25) is 0 Å². The van der Waals surface area contributed by atoms with Gasteiger partial charge in [0, 0.05) is 5.41 Å². The van der Waals surface area contributed by atoms with Crippen molar-refractivity contribution in [2.45, 2.75) is 46.0 Å². The van der Waals surface area contributed by atoms with Gasteiger partial charge in [0.05, 0.1) is 6.61 Å². The zero-order valence-electron chi connectivity index (χ0n) is 8.97. The fourth-order valence-electron chi connectivity index (χ4n) is 1.99. The molecule has 14 heavy (non-hydrogen) atoms. The van der Waals surface area contributed by atoms with Crippen molar-refractivity contribution >= 4 is 11.8 Å². The summed E-state index contributed by atoms with van der Waals surface area (Å²) in [6.45, 7) is 4.06. The summed E-state index contributed by atoms with van der Waals surface area (Å²) in [5.74, 6) is -0.334. The highest BCUT2D eigenvalue weighted by Crippen LogP contribution is 2.39. The van der Waals surface area contributed by atoms with E-state index in [1.807, 2.05) is 6.92 Å². The number of esters is 1. The molecular formula is C11H18O3. The van der Waals surface area contributed by atoms with Crippen molar-refractivity contribution in [1.29, 1.82) is 0 Å². The van der Waals surface area contributed by atoms with E-state index in [0.717, 1.165) is 25.7 Å². The van der Waals surface area contributed by atoms with Crippen molar-refractivity contribution in [3.63, 3.8) is 0 Å². The molecule has 80 valence electrons. The molecule has 0 amide bonds. The predicted octanol–water partition coefficient (Wildman–Crippen LogP) is 2.09. The van der Waals surface area contributed by atoms with E-state index in [1.54, 1.807) is 6.92 Å². The van der Waals surface area contributed by atoms with E-state index in [1.165, 1.54) is 0 Å². The minimum absolute atomic E-state index is 0.0495. The molecule has 0 aromatic heterocycles. The molecule has 0 unspecified atom stereocenters. The molecule has 0 bridgehead atoms. The minimum atomic E-state index is -0.384. The summed E-state index contributed by atoms with van der Waals surface area (Å²) in [6.07, 6.45) is 4.00. The second-order valence-electron chi connectivity index (χ2n) is 4.17. The maximum atomic E-state index is 11.8. The lowest BCUT2D eigenvalue weighted by atomic mass is 9.82. The smallest absolute Gasteiger partial charge is 0.313 e. The van der Waals surface area contributed by atoms with E-state index in [0.29, 0.717) is 6.61 Å². The van der Waals surface area contributed by atoms with Crippen LogP contribution in [0.5, 0.6) is 0 Å². The molecule has 0 atom stereocenters. The van der Waals surface area contributed by atoms with Crippen molar-refractivity contribution in [2.24, 2.45) is 5.41 Å². The van der Waals surface area contributed by atoms with E-state index in [-0.39, 0.29) is 23.6 Å². The van der Waals surface area contributed by atoms with Gasteiger partial charge in [-0.25, -0.2) is 0 Å². The molecule has 0 aliphatic heterocycles. The lowest BCUT2D eigenvalue weighted by Crippen LogP contribution is -2.27. The van der Waals surface area contributed by atoms with Crippen molar-refractivity contribution in [2.75, 3.05) is 6.61 Å². The van der Waals surface area contributed by atoms with Gasteiger partial charge in [0.15, 0.2) is 0 Å². The predicted molar refractivity (Wildman–Crippen MR) is 52.8 cm³/mol. The Kier molecular flexibility index (Phi) is 3.67. The van der Waals surface area contributed by atoms with Gasteiger partial charge in [0.25, 0.3) is 0 Å². The highest BCUT2D eigenvalue weighted by molar-refractivity contribution is 5.98. The van der Waals surface area contributed by atoms with Crippen LogP contribution in [0.4, 0.5) is 0 Å². The van der Waals surface area contributed by atoms with Crippen LogP contribution in [-0.4, -0.2) is 18.4 Å². The van der Waals surface area contributed by atoms with Gasteiger partial charge in [-0.2, -0.15) is 0 Å². The Morgan fingerprint density at radius 3 is 2.36 bits per heavy atom. The van der Waals surface area contributed by atoms with E-state index in [4.69, 9.17) is 4.74 Å². The Labute approximate surface area is 84.8 Å². The third kappa shape index (κ3) is 2.56. The Morgan fingerprint density at radius 2 is 1.86 bits per heavy atom. The van der Waals surface area contributed by atoms with E-state index < -0.39 is 0 Å². The molecule has 0 heterocycles. The van der Waals surface area contributed by atoms with Crippen LogP contribution in [0.1, 0.15) is 46.0 Å². The third-order valence-corrected chi connectivity index (χ3v) is 2.99. The first kappa shape index (κ1) is 11.2. The molecule has 0 N–H and O–H groups in total. The normalized spacial score (nSPS) is 19.3. The van der Waals surface area contributed by atoms with Crippen LogP contribution in [0, 0.1) is 5.41 Å². The van der Waals surface area contributed by atoms with Crippen LogP contribution in [0.3, 0.4) is 0 Å². The summed E-state index contributed by atoms with van der Waals surface area (Å²) in [6, 6.07) is 0. The zero-order chi connectivity index (χ0) is 10.6. The molecule has 1 saturated carbocycles. The molecule has 3 heteroatoms. The van der Waals surface area contributed by atoms with Gasteiger partial charge in [-0.1, -0.05) is 19.8 Å². The van der Waals surface area contributed by atoms with E-state index >= 15 is 0 Å². The minimum Gasteiger partial charge on any atom is -0.466 e. The van der Waals surface area contributed by atoms with Gasteiger partial charge < -0.3 is 4.74 Å². The maximum Gasteiger partial charge on any atom is 0.313 e. The van der Waals surface area contributed by atoms with Crippen molar-refractivity contribution in [3.8, 4) is 0 Å². The van der Waals surface area contributed by atoms with Gasteiger partial charge in [-0.05, 0) is 19.8 Å². The molecule has 0 aromatic carbocycles. The molecule has 3 nitrogen and oxygen atoms in total. The first-order chi connectivity index (χ1) is 6.58. The summed E-state index contributed by atoms with van der Waals surface area (Å²) in [4.78, 5) is 22.9. The topological polar surface area (TPSA) is 43.4 Å². The Bertz CT molecular complexity index is 227. The van der Waals surface area contributed by atoms with Crippen LogP contribution in [-0.2, 0) is 14.3 Å². The number of ketones is 1. The van der Waals surface area contributed by atoms with Gasteiger partial charge in [-0.15, -0.1) is 0 Å². The molecule has 0 radical (unpaired) electrons. The molecule has 0 saturated heterocycles. The van der Waals surface area contributed by atoms with E-state index in [2.05, 4.69) is 0 Å². The van der Waals surface area contributed by atoms with Crippen molar-refractivity contribution in [3.05, 3.63) is 0 Å². The number of ether oxygens (including phenoxy) is 1. The van der Waals surface area contributed by atoms with Gasteiger partial charge in [0.2, 0.25) is 0 Å². The number of rotatable bonds is 4. The highest BCUT2D eigenvalue weighted by atomic mass is 16.5. The zero-order valence-corrected chi connectivity index (χ0v) is 8.97. The lowest BCUT2D eigenvalue weighted by molar-refractivity contribution is -0.147. The number of carbonyl (C=O) groups excluding carboxylic acids is 2. The maximum absolute atomic E-state index is 11.8. The van der Waals surface area contributed by atoms with Crippen LogP contribution in [0.25, 0.3) is 0 Å². The first-order valence-corrected chi connectivity index (χ1v) is 5.27. The lowest BCUT2D eigenvalue weighted by Gasteiger charge is -2.20. The number of hydrogen-bond donors (Lipinski definition) is 0. The molecule has 1 aliphatic carbocycles. The highest BCUT2D eigenvalue weighted by Gasteiger charge is 2.36. The van der Waals surface area contributed by atoms with Crippen molar-refractivity contribution < 1.29 is 14.3 Å². The Balaban J connectivity index is 2.45. The quantitative estimate of drug-likeness (QED) is 0.513. The second-order valence-corrected chi connectivity index (χ2v) is 4.17. The van der Waals surface area contributed by atoms with Gasteiger partial charge in [-0.3, -0.25) is 9.59 Å². The molecule has 0 spiro atoms. The fourth-order valence-corrected chi connectivity index (χ4v) is 1.99. The average molecular weight is 198 g/mol. The Hall–Kier alpha value is -0.860. The van der Waals surface area contributed by atoms with Crippen LogP contribution in [0.15, 0.2) is 0 Å². The number of hydrogen-bond acceptors (Lipinski definition) is 3. The van der Waals surface area contributed by atoms with Crippen molar-refractivity contribution in [1.82, 2.24) is 0 Å². The summed E-state index contributed by atoms with van der Waals surface area (Å²) >= 11 is 0. The number of carbonyl (C=O) groups is 2. The standard InChI is InChI=1S/C11H18O3/c1-3-14-10(13)8-9(12)11(2)6-4-5-7-11/h3-8H2,1-2H3. The largest absolute Gasteiger partial charge is 0.466 e. The molecule has 1 fully saturated rings. The first-order valence-electron chi connectivity index (χ1n) is 5.27. The third-order valence-electron chi connectivity index (χ3n) is 2.99. The van der Waals surface area contributed by atoms with E-state index in [9.17, 15) is 9.59 Å². The summed E-state index contributed by atoms with van der Waals surface area (Å²) in [7, 11) is 0. The van der Waals surface area contributed by atoms with Crippen LogP contribution >= 0.6 is 0 Å². The summed E-state index contributed by atoms with van der Waals surface area (Å²) < 4.78 is 4.76. The molecule has 1 aliphatic rings. The SMILES string of the molecule is CCOC(=O)CC(=O)C1(C)CCCC1. The Morgan fingerprint density at radius 1 is 1.29 bits per heavy atom. The van der Waals surface area contributed by atoms with Gasteiger partial charge in [0.1, 0.15) is 12.2 Å². The van der Waals surface area contributed by atoms with Gasteiger partial charge >= 0.3 is 5.97 Å². The molecular weight excluding hydrogens is 180 g/mol.